The summed E-state index contributed by atoms with van der Waals surface area (Å²) in [5.41, 5.74) is 1.29. The quantitative estimate of drug-likeness (QED) is 0.602. The van der Waals surface area contributed by atoms with Crippen molar-refractivity contribution in [3.8, 4) is 0 Å². The van der Waals surface area contributed by atoms with Gasteiger partial charge in [-0.05, 0) is 25.3 Å². The average molecular weight is 339 g/mol. The average Bonchev–Trinajstić information content (AvgIpc) is 3.28. The summed E-state index contributed by atoms with van der Waals surface area (Å²) in [4.78, 5) is 9.25. The summed E-state index contributed by atoms with van der Waals surface area (Å²) in [5, 5.41) is 6.92. The first-order valence-corrected chi connectivity index (χ1v) is 9.44. The van der Waals surface area contributed by atoms with Crippen LogP contribution < -0.4 is 10.6 Å². The predicted octanol–water partition coefficient (Wildman–Crippen LogP) is 2.97. The Morgan fingerprint density at radius 1 is 1.24 bits per heavy atom. The zero-order valence-electron chi connectivity index (χ0n) is 15.1. The minimum absolute atomic E-state index is 0.581. The van der Waals surface area contributed by atoms with Crippen molar-refractivity contribution in [2.45, 2.75) is 51.6 Å². The summed E-state index contributed by atoms with van der Waals surface area (Å²) < 4.78 is 2.21. The highest BCUT2D eigenvalue weighted by atomic mass is 15.2. The number of aromatic nitrogens is 2. The van der Waals surface area contributed by atoms with Crippen LogP contribution in [0.4, 0.5) is 0 Å². The number of rotatable bonds is 7. The van der Waals surface area contributed by atoms with E-state index in [9.17, 15) is 0 Å². The number of hydrogen-bond acceptors (Lipinski definition) is 2. The zero-order valence-corrected chi connectivity index (χ0v) is 15.1. The molecule has 3 rings (SSSR count). The minimum atomic E-state index is 0.581. The van der Waals surface area contributed by atoms with Crippen LogP contribution in [0, 0.1) is 0 Å². The molecule has 134 valence electrons. The Morgan fingerprint density at radius 3 is 2.80 bits per heavy atom. The standard InChI is InChI=1S/C20H29N5/c1-2-21-20(24-18-10-6-7-11-18)23-13-12-19-22-14-15-25(19)16-17-8-4-3-5-9-17/h3-5,8-9,14-15,18H,2,6-7,10-13,16H2,1H3,(H2,21,23,24). The third-order valence-corrected chi connectivity index (χ3v) is 4.64. The fraction of sp³-hybridized carbons (Fsp3) is 0.500. The SMILES string of the molecule is CCNC(=NCCc1nccn1Cc1ccccc1)NC1CCCC1. The van der Waals surface area contributed by atoms with Crippen molar-refractivity contribution < 1.29 is 0 Å². The summed E-state index contributed by atoms with van der Waals surface area (Å²) >= 11 is 0. The molecule has 25 heavy (non-hydrogen) atoms. The molecular formula is C20H29N5. The number of benzene rings is 1. The van der Waals surface area contributed by atoms with Crippen LogP contribution in [0.1, 0.15) is 44.0 Å². The van der Waals surface area contributed by atoms with Crippen LogP contribution in [0.5, 0.6) is 0 Å². The van der Waals surface area contributed by atoms with Gasteiger partial charge in [0.25, 0.3) is 0 Å². The third-order valence-electron chi connectivity index (χ3n) is 4.64. The maximum atomic E-state index is 4.74. The van der Waals surface area contributed by atoms with E-state index in [-0.39, 0.29) is 0 Å². The van der Waals surface area contributed by atoms with E-state index in [1.54, 1.807) is 0 Å². The smallest absolute Gasteiger partial charge is 0.191 e. The molecular weight excluding hydrogens is 310 g/mol. The van der Waals surface area contributed by atoms with Crippen LogP contribution in [0.2, 0.25) is 0 Å². The Morgan fingerprint density at radius 2 is 2.04 bits per heavy atom. The maximum absolute atomic E-state index is 4.74. The van der Waals surface area contributed by atoms with Crippen LogP contribution >= 0.6 is 0 Å². The van der Waals surface area contributed by atoms with Crippen molar-refractivity contribution in [2.24, 2.45) is 4.99 Å². The number of nitrogens with zero attached hydrogens (tertiary/aromatic N) is 3. The molecule has 5 nitrogen and oxygen atoms in total. The van der Waals surface area contributed by atoms with E-state index in [1.807, 2.05) is 18.5 Å². The van der Waals surface area contributed by atoms with Crippen LogP contribution in [0.3, 0.4) is 0 Å². The summed E-state index contributed by atoms with van der Waals surface area (Å²) in [7, 11) is 0. The second kappa shape index (κ2) is 9.25. The van der Waals surface area contributed by atoms with Crippen LogP contribution in [-0.2, 0) is 13.0 Å². The molecule has 0 unspecified atom stereocenters. The summed E-state index contributed by atoms with van der Waals surface area (Å²) in [6.07, 6.45) is 9.94. The van der Waals surface area contributed by atoms with Gasteiger partial charge in [-0.15, -0.1) is 0 Å². The summed E-state index contributed by atoms with van der Waals surface area (Å²) in [6, 6.07) is 11.1. The monoisotopic (exact) mass is 339 g/mol. The van der Waals surface area contributed by atoms with E-state index in [2.05, 4.69) is 51.4 Å². The van der Waals surface area contributed by atoms with Crippen molar-refractivity contribution in [1.29, 1.82) is 0 Å². The van der Waals surface area contributed by atoms with E-state index < -0.39 is 0 Å². The lowest BCUT2D eigenvalue weighted by atomic mass is 10.2. The molecule has 0 amide bonds. The van der Waals surface area contributed by atoms with Gasteiger partial charge in [0.2, 0.25) is 0 Å². The van der Waals surface area contributed by atoms with Crippen molar-refractivity contribution in [3.63, 3.8) is 0 Å². The van der Waals surface area contributed by atoms with E-state index in [4.69, 9.17) is 4.99 Å². The molecule has 1 aliphatic carbocycles. The number of nitrogens with one attached hydrogen (secondary N) is 2. The first kappa shape index (κ1) is 17.5. The Balaban J connectivity index is 1.55. The van der Waals surface area contributed by atoms with Gasteiger partial charge in [0, 0.05) is 44.5 Å². The fourth-order valence-electron chi connectivity index (χ4n) is 3.34. The van der Waals surface area contributed by atoms with Gasteiger partial charge in [0.15, 0.2) is 5.96 Å². The lowest BCUT2D eigenvalue weighted by Crippen LogP contribution is -2.42. The Kier molecular flexibility index (Phi) is 6.48. The number of aliphatic imine (C=N–C) groups is 1. The summed E-state index contributed by atoms with van der Waals surface area (Å²) in [6.45, 7) is 4.60. The van der Waals surface area contributed by atoms with Crippen molar-refractivity contribution >= 4 is 5.96 Å². The van der Waals surface area contributed by atoms with Crippen LogP contribution in [-0.4, -0.2) is 34.6 Å². The molecule has 1 heterocycles. The Hall–Kier alpha value is -2.30. The molecule has 2 aromatic rings. The predicted molar refractivity (Wildman–Crippen MR) is 103 cm³/mol. The van der Waals surface area contributed by atoms with Gasteiger partial charge < -0.3 is 15.2 Å². The van der Waals surface area contributed by atoms with Crippen molar-refractivity contribution in [2.75, 3.05) is 13.1 Å². The van der Waals surface area contributed by atoms with Gasteiger partial charge in [-0.1, -0.05) is 43.2 Å². The molecule has 0 spiro atoms. The number of hydrogen-bond donors (Lipinski definition) is 2. The van der Waals surface area contributed by atoms with Gasteiger partial charge in [-0.3, -0.25) is 4.99 Å². The van der Waals surface area contributed by atoms with E-state index in [1.165, 1.54) is 31.2 Å². The van der Waals surface area contributed by atoms with Crippen molar-refractivity contribution in [1.82, 2.24) is 20.2 Å². The normalized spacial score (nSPS) is 15.5. The Bertz CT molecular complexity index is 656. The van der Waals surface area contributed by atoms with Gasteiger partial charge in [0.1, 0.15) is 5.82 Å². The first-order chi connectivity index (χ1) is 12.3. The second-order valence-corrected chi connectivity index (χ2v) is 6.59. The molecule has 1 aromatic heterocycles. The molecule has 1 aromatic carbocycles. The van der Waals surface area contributed by atoms with Gasteiger partial charge in [-0.25, -0.2) is 4.98 Å². The van der Waals surface area contributed by atoms with Gasteiger partial charge in [-0.2, -0.15) is 0 Å². The second-order valence-electron chi connectivity index (χ2n) is 6.59. The number of guanidine groups is 1. The Labute approximate surface area is 150 Å². The topological polar surface area (TPSA) is 54.2 Å². The van der Waals surface area contributed by atoms with Gasteiger partial charge in [0.05, 0.1) is 0 Å². The molecule has 5 heteroatoms. The van der Waals surface area contributed by atoms with Gasteiger partial charge >= 0.3 is 0 Å². The van der Waals surface area contributed by atoms with Crippen LogP contribution in [0.15, 0.2) is 47.7 Å². The molecule has 1 fully saturated rings. The summed E-state index contributed by atoms with van der Waals surface area (Å²) in [5.74, 6) is 2.03. The maximum Gasteiger partial charge on any atom is 0.191 e. The molecule has 1 saturated carbocycles. The van der Waals surface area contributed by atoms with Crippen LogP contribution in [0.25, 0.3) is 0 Å². The lowest BCUT2D eigenvalue weighted by molar-refractivity contribution is 0.613. The third kappa shape index (κ3) is 5.34. The van der Waals surface area contributed by atoms with E-state index >= 15 is 0 Å². The first-order valence-electron chi connectivity index (χ1n) is 9.44. The molecule has 0 radical (unpaired) electrons. The van der Waals surface area contributed by atoms with Crippen molar-refractivity contribution in [3.05, 3.63) is 54.1 Å². The zero-order chi connectivity index (χ0) is 17.3. The van der Waals surface area contributed by atoms with E-state index in [0.29, 0.717) is 6.04 Å². The number of imidazole rings is 1. The molecule has 0 saturated heterocycles. The highest BCUT2D eigenvalue weighted by molar-refractivity contribution is 5.80. The molecule has 1 aliphatic rings. The molecule has 0 atom stereocenters. The van der Waals surface area contributed by atoms with E-state index in [0.717, 1.165) is 37.8 Å². The highest BCUT2D eigenvalue weighted by Gasteiger charge is 2.15. The molecule has 2 N–H and O–H groups in total. The molecule has 0 aliphatic heterocycles. The lowest BCUT2D eigenvalue weighted by Gasteiger charge is -2.16. The largest absolute Gasteiger partial charge is 0.357 e. The minimum Gasteiger partial charge on any atom is -0.357 e. The molecule has 0 bridgehead atoms. The fourth-order valence-corrected chi connectivity index (χ4v) is 3.34. The highest BCUT2D eigenvalue weighted by Crippen LogP contribution is 2.17.